The van der Waals surface area contributed by atoms with E-state index in [9.17, 15) is 4.79 Å². The van der Waals surface area contributed by atoms with Gasteiger partial charge in [0.1, 0.15) is 10.2 Å². The third kappa shape index (κ3) is 2.58. The standard InChI is InChI=1S/C11H12BrN3O2/c1-2-15-11(16)10(12)9(7-14-15)13-6-8-4-3-5-17-8/h3-5,7,13H,2,6H2,1H3. The molecule has 0 aliphatic heterocycles. The highest BCUT2D eigenvalue weighted by atomic mass is 79.9. The van der Waals surface area contributed by atoms with Crippen molar-refractivity contribution in [3.63, 3.8) is 0 Å². The molecule has 17 heavy (non-hydrogen) atoms. The quantitative estimate of drug-likeness (QED) is 0.940. The van der Waals surface area contributed by atoms with Crippen LogP contribution in [0.1, 0.15) is 12.7 Å². The van der Waals surface area contributed by atoms with Crippen LogP contribution in [-0.4, -0.2) is 9.78 Å². The second kappa shape index (κ2) is 5.18. The minimum atomic E-state index is -0.142. The van der Waals surface area contributed by atoms with Crippen LogP contribution >= 0.6 is 15.9 Å². The third-order valence-electron chi connectivity index (χ3n) is 2.32. The van der Waals surface area contributed by atoms with E-state index in [0.29, 0.717) is 23.2 Å². The van der Waals surface area contributed by atoms with Gasteiger partial charge < -0.3 is 9.73 Å². The van der Waals surface area contributed by atoms with Crippen molar-refractivity contribution in [3.8, 4) is 0 Å². The second-order valence-electron chi connectivity index (χ2n) is 3.43. The van der Waals surface area contributed by atoms with Crippen molar-refractivity contribution in [3.05, 3.63) is 45.2 Å². The molecule has 0 fully saturated rings. The Morgan fingerprint density at radius 1 is 1.59 bits per heavy atom. The number of anilines is 1. The molecule has 0 amide bonds. The number of hydrogen-bond donors (Lipinski definition) is 1. The zero-order valence-electron chi connectivity index (χ0n) is 9.31. The molecule has 2 aromatic heterocycles. The van der Waals surface area contributed by atoms with Crippen LogP contribution in [0, 0.1) is 0 Å². The fourth-order valence-corrected chi connectivity index (χ4v) is 1.86. The highest BCUT2D eigenvalue weighted by Crippen LogP contribution is 2.17. The lowest BCUT2D eigenvalue weighted by Gasteiger charge is -2.08. The van der Waals surface area contributed by atoms with E-state index < -0.39 is 0 Å². The molecule has 0 saturated heterocycles. The summed E-state index contributed by atoms with van der Waals surface area (Å²) in [4.78, 5) is 11.8. The molecule has 90 valence electrons. The van der Waals surface area contributed by atoms with Crippen molar-refractivity contribution < 1.29 is 4.42 Å². The number of rotatable bonds is 4. The summed E-state index contributed by atoms with van der Waals surface area (Å²) in [5, 5.41) is 7.13. The van der Waals surface area contributed by atoms with Crippen LogP contribution in [0.5, 0.6) is 0 Å². The van der Waals surface area contributed by atoms with Crippen LogP contribution < -0.4 is 10.9 Å². The minimum Gasteiger partial charge on any atom is -0.467 e. The summed E-state index contributed by atoms with van der Waals surface area (Å²) in [7, 11) is 0. The molecule has 0 aliphatic rings. The average Bonchev–Trinajstić information content (AvgIpc) is 2.84. The van der Waals surface area contributed by atoms with Crippen LogP contribution in [0.2, 0.25) is 0 Å². The monoisotopic (exact) mass is 297 g/mol. The number of hydrogen-bond acceptors (Lipinski definition) is 4. The van der Waals surface area contributed by atoms with Gasteiger partial charge in [0, 0.05) is 6.54 Å². The predicted octanol–water partition coefficient (Wildman–Crippen LogP) is 2.23. The van der Waals surface area contributed by atoms with E-state index in [1.54, 1.807) is 12.5 Å². The molecule has 6 heteroatoms. The van der Waals surface area contributed by atoms with Crippen LogP contribution in [0.3, 0.4) is 0 Å². The molecular weight excluding hydrogens is 286 g/mol. The Hall–Kier alpha value is -1.56. The van der Waals surface area contributed by atoms with Crippen molar-refractivity contribution >= 4 is 21.6 Å². The summed E-state index contributed by atoms with van der Waals surface area (Å²) in [5.74, 6) is 0.802. The summed E-state index contributed by atoms with van der Waals surface area (Å²) < 4.78 is 7.07. The maximum absolute atomic E-state index is 11.8. The first-order valence-electron chi connectivity index (χ1n) is 5.24. The topological polar surface area (TPSA) is 60.1 Å². The fourth-order valence-electron chi connectivity index (χ4n) is 1.41. The summed E-state index contributed by atoms with van der Waals surface area (Å²) >= 11 is 3.27. The van der Waals surface area contributed by atoms with Crippen LogP contribution in [-0.2, 0) is 13.1 Å². The zero-order chi connectivity index (χ0) is 12.3. The Labute approximate surface area is 107 Å². The van der Waals surface area contributed by atoms with Crippen LogP contribution in [0.4, 0.5) is 5.69 Å². The molecule has 0 saturated carbocycles. The molecule has 0 spiro atoms. The van der Waals surface area contributed by atoms with E-state index >= 15 is 0 Å². The summed E-state index contributed by atoms with van der Waals surface area (Å²) in [5.41, 5.74) is 0.521. The summed E-state index contributed by atoms with van der Waals surface area (Å²) in [6.07, 6.45) is 3.23. The van der Waals surface area contributed by atoms with Gasteiger partial charge in [-0.3, -0.25) is 4.79 Å². The largest absolute Gasteiger partial charge is 0.467 e. The molecule has 1 N–H and O–H groups in total. The Balaban J connectivity index is 2.17. The first-order chi connectivity index (χ1) is 8.22. The Kier molecular flexibility index (Phi) is 3.63. The molecule has 2 rings (SSSR count). The fraction of sp³-hybridized carbons (Fsp3) is 0.273. The lowest BCUT2D eigenvalue weighted by molar-refractivity contribution is 0.517. The van der Waals surface area contributed by atoms with E-state index in [4.69, 9.17) is 4.42 Å². The maximum atomic E-state index is 11.8. The van der Waals surface area contributed by atoms with Crippen molar-refractivity contribution in [2.24, 2.45) is 0 Å². The number of aromatic nitrogens is 2. The molecule has 0 radical (unpaired) electrons. The molecule has 5 nitrogen and oxygen atoms in total. The number of furan rings is 1. The first kappa shape index (κ1) is 11.9. The zero-order valence-corrected chi connectivity index (χ0v) is 10.9. The minimum absolute atomic E-state index is 0.142. The highest BCUT2D eigenvalue weighted by Gasteiger charge is 2.07. The van der Waals surface area contributed by atoms with Gasteiger partial charge in [0.15, 0.2) is 0 Å². The number of nitrogens with one attached hydrogen (secondary N) is 1. The van der Waals surface area contributed by atoms with Crippen molar-refractivity contribution in [2.75, 3.05) is 5.32 Å². The van der Waals surface area contributed by atoms with Gasteiger partial charge in [-0.1, -0.05) is 0 Å². The van der Waals surface area contributed by atoms with E-state index in [-0.39, 0.29) is 5.56 Å². The van der Waals surface area contributed by atoms with Gasteiger partial charge in [-0.15, -0.1) is 0 Å². The molecule has 0 aliphatic carbocycles. The van der Waals surface area contributed by atoms with E-state index in [1.807, 2.05) is 19.1 Å². The van der Waals surface area contributed by atoms with E-state index in [1.165, 1.54) is 4.68 Å². The van der Waals surface area contributed by atoms with Gasteiger partial charge in [-0.25, -0.2) is 4.68 Å². The van der Waals surface area contributed by atoms with Crippen molar-refractivity contribution in [1.29, 1.82) is 0 Å². The lowest BCUT2D eigenvalue weighted by Crippen LogP contribution is -2.23. The Morgan fingerprint density at radius 2 is 2.41 bits per heavy atom. The van der Waals surface area contributed by atoms with Crippen molar-refractivity contribution in [1.82, 2.24) is 9.78 Å². The number of nitrogens with zero attached hydrogens (tertiary/aromatic N) is 2. The van der Waals surface area contributed by atoms with Gasteiger partial charge in [0.25, 0.3) is 5.56 Å². The van der Waals surface area contributed by atoms with Crippen LogP contribution in [0.25, 0.3) is 0 Å². The van der Waals surface area contributed by atoms with Gasteiger partial charge in [-0.2, -0.15) is 5.10 Å². The van der Waals surface area contributed by atoms with Gasteiger partial charge in [0.2, 0.25) is 0 Å². The second-order valence-corrected chi connectivity index (χ2v) is 4.22. The Bertz CT molecular complexity index is 548. The van der Waals surface area contributed by atoms with E-state index in [2.05, 4.69) is 26.3 Å². The SMILES string of the molecule is CCn1ncc(NCc2ccco2)c(Br)c1=O. The molecule has 2 aromatic rings. The maximum Gasteiger partial charge on any atom is 0.283 e. The predicted molar refractivity (Wildman–Crippen MR) is 67.9 cm³/mol. The molecule has 0 atom stereocenters. The normalized spacial score (nSPS) is 10.5. The molecule has 0 unspecified atom stereocenters. The molecule has 0 aromatic carbocycles. The number of aryl methyl sites for hydroxylation is 1. The molecular formula is C11H12BrN3O2. The average molecular weight is 298 g/mol. The van der Waals surface area contributed by atoms with Gasteiger partial charge in [-0.05, 0) is 35.0 Å². The smallest absolute Gasteiger partial charge is 0.283 e. The highest BCUT2D eigenvalue weighted by molar-refractivity contribution is 9.10. The lowest BCUT2D eigenvalue weighted by atomic mass is 10.4. The molecule has 0 bridgehead atoms. The van der Waals surface area contributed by atoms with E-state index in [0.717, 1.165) is 5.76 Å². The summed E-state index contributed by atoms with van der Waals surface area (Å²) in [6, 6.07) is 3.68. The first-order valence-corrected chi connectivity index (χ1v) is 6.03. The summed E-state index contributed by atoms with van der Waals surface area (Å²) in [6.45, 7) is 2.94. The third-order valence-corrected chi connectivity index (χ3v) is 3.08. The van der Waals surface area contributed by atoms with Gasteiger partial charge >= 0.3 is 0 Å². The van der Waals surface area contributed by atoms with Crippen LogP contribution in [0.15, 0.2) is 38.3 Å². The number of halogens is 1. The van der Waals surface area contributed by atoms with Gasteiger partial charge in [0.05, 0.1) is 24.7 Å². The molecule has 2 heterocycles. The van der Waals surface area contributed by atoms with Crippen molar-refractivity contribution in [2.45, 2.75) is 20.0 Å². The Morgan fingerprint density at radius 3 is 3.06 bits per heavy atom.